The summed E-state index contributed by atoms with van der Waals surface area (Å²) in [4.78, 5) is 0. The van der Waals surface area contributed by atoms with Crippen molar-refractivity contribution in [3.05, 3.63) is 0 Å². The Kier molecular flexibility index (Phi) is 2.94. The zero-order chi connectivity index (χ0) is 9.19. The van der Waals surface area contributed by atoms with Gasteiger partial charge in [0.25, 0.3) is 0 Å². The van der Waals surface area contributed by atoms with Crippen molar-refractivity contribution in [3.8, 4) is 0 Å². The number of hydrogen-bond donors (Lipinski definition) is 2. The first-order valence-electron chi connectivity index (χ1n) is 4.56. The van der Waals surface area contributed by atoms with Gasteiger partial charge in [-0.2, -0.15) is 0 Å². The minimum atomic E-state index is 0.0772. The molecular weight excluding hydrogens is 168 g/mol. The van der Waals surface area contributed by atoms with Gasteiger partial charge >= 0.3 is 0 Å². The molecule has 0 heterocycles. The van der Waals surface area contributed by atoms with Gasteiger partial charge in [-0.1, -0.05) is 0 Å². The topological polar surface area (TPSA) is 24.1 Å². The molecule has 3 heteroatoms. The molecule has 70 valence electrons. The average Bonchev–Trinajstić information content (AvgIpc) is 1.74. The fraction of sp³-hybridized carbons (Fsp3) is 0.889. The van der Waals surface area contributed by atoms with Crippen LogP contribution in [0.2, 0.25) is 0 Å². The lowest BCUT2D eigenvalue weighted by molar-refractivity contribution is 0.376. The van der Waals surface area contributed by atoms with E-state index in [-0.39, 0.29) is 5.54 Å². The third-order valence-corrected chi connectivity index (χ3v) is 2.15. The SMILES string of the molecule is CC(C)(C)NC(=S)NC1CCC1. The second-order valence-corrected chi connectivity index (χ2v) is 4.88. The Bertz CT molecular complexity index is 168. The van der Waals surface area contributed by atoms with Crippen LogP contribution in [0.5, 0.6) is 0 Å². The molecular formula is C9H18N2S. The van der Waals surface area contributed by atoms with Crippen LogP contribution in [-0.2, 0) is 0 Å². The highest BCUT2D eigenvalue weighted by Gasteiger charge is 2.19. The lowest BCUT2D eigenvalue weighted by Gasteiger charge is -2.30. The van der Waals surface area contributed by atoms with E-state index in [2.05, 4.69) is 31.4 Å². The first kappa shape index (κ1) is 9.78. The van der Waals surface area contributed by atoms with E-state index in [1.54, 1.807) is 0 Å². The summed E-state index contributed by atoms with van der Waals surface area (Å²) in [5.41, 5.74) is 0.0772. The van der Waals surface area contributed by atoms with Gasteiger partial charge < -0.3 is 10.6 Å². The molecule has 0 aromatic carbocycles. The van der Waals surface area contributed by atoms with E-state index in [0.717, 1.165) is 5.11 Å². The molecule has 0 spiro atoms. The van der Waals surface area contributed by atoms with E-state index < -0.39 is 0 Å². The first-order chi connectivity index (χ1) is 5.47. The summed E-state index contributed by atoms with van der Waals surface area (Å²) in [5.74, 6) is 0. The summed E-state index contributed by atoms with van der Waals surface area (Å²) in [6.07, 6.45) is 3.88. The van der Waals surface area contributed by atoms with Crippen molar-refractivity contribution in [2.45, 2.75) is 51.6 Å². The Morgan fingerprint density at radius 3 is 2.25 bits per heavy atom. The van der Waals surface area contributed by atoms with Gasteiger partial charge in [0.1, 0.15) is 0 Å². The van der Waals surface area contributed by atoms with Gasteiger partial charge in [-0.15, -0.1) is 0 Å². The zero-order valence-electron chi connectivity index (χ0n) is 8.11. The normalized spacial score (nSPS) is 18.2. The van der Waals surface area contributed by atoms with Crippen LogP contribution in [0.25, 0.3) is 0 Å². The van der Waals surface area contributed by atoms with E-state index in [0.29, 0.717) is 6.04 Å². The van der Waals surface area contributed by atoms with E-state index in [1.165, 1.54) is 19.3 Å². The van der Waals surface area contributed by atoms with Gasteiger partial charge in [0.05, 0.1) is 0 Å². The van der Waals surface area contributed by atoms with Crippen LogP contribution in [0.15, 0.2) is 0 Å². The van der Waals surface area contributed by atoms with Gasteiger partial charge in [-0.3, -0.25) is 0 Å². The van der Waals surface area contributed by atoms with Crippen LogP contribution < -0.4 is 10.6 Å². The fourth-order valence-corrected chi connectivity index (χ4v) is 1.59. The molecule has 0 radical (unpaired) electrons. The second-order valence-electron chi connectivity index (χ2n) is 4.48. The van der Waals surface area contributed by atoms with Crippen molar-refractivity contribution in [1.82, 2.24) is 10.6 Å². The molecule has 12 heavy (non-hydrogen) atoms. The third-order valence-electron chi connectivity index (χ3n) is 1.93. The summed E-state index contributed by atoms with van der Waals surface area (Å²) >= 11 is 5.16. The van der Waals surface area contributed by atoms with Crippen LogP contribution in [0, 0.1) is 0 Å². The van der Waals surface area contributed by atoms with Crippen LogP contribution in [0.4, 0.5) is 0 Å². The molecule has 0 aliphatic heterocycles. The van der Waals surface area contributed by atoms with E-state index in [4.69, 9.17) is 12.2 Å². The summed E-state index contributed by atoms with van der Waals surface area (Å²) < 4.78 is 0. The van der Waals surface area contributed by atoms with Gasteiger partial charge in [-0.05, 0) is 52.3 Å². The van der Waals surface area contributed by atoms with Gasteiger partial charge in [0.15, 0.2) is 5.11 Å². The Morgan fingerprint density at radius 2 is 1.92 bits per heavy atom. The van der Waals surface area contributed by atoms with Gasteiger partial charge in [-0.25, -0.2) is 0 Å². The standard InChI is InChI=1S/C9H18N2S/c1-9(2,3)11-8(12)10-7-5-4-6-7/h7H,4-6H2,1-3H3,(H2,10,11,12). The molecule has 1 aliphatic rings. The second kappa shape index (κ2) is 3.60. The van der Waals surface area contributed by atoms with E-state index in [1.807, 2.05) is 0 Å². The maximum atomic E-state index is 5.16. The first-order valence-corrected chi connectivity index (χ1v) is 4.97. The fourth-order valence-electron chi connectivity index (χ4n) is 1.11. The largest absolute Gasteiger partial charge is 0.360 e. The molecule has 1 rings (SSSR count). The van der Waals surface area contributed by atoms with E-state index >= 15 is 0 Å². The molecule has 0 aromatic heterocycles. The average molecular weight is 186 g/mol. The Hall–Kier alpha value is -0.310. The highest BCUT2D eigenvalue weighted by molar-refractivity contribution is 7.80. The number of thiocarbonyl (C=S) groups is 1. The molecule has 0 unspecified atom stereocenters. The molecule has 0 saturated heterocycles. The minimum absolute atomic E-state index is 0.0772. The van der Waals surface area contributed by atoms with Crippen molar-refractivity contribution in [2.75, 3.05) is 0 Å². The molecule has 0 bridgehead atoms. The monoisotopic (exact) mass is 186 g/mol. The molecule has 1 fully saturated rings. The predicted molar refractivity (Wildman–Crippen MR) is 56.3 cm³/mol. The van der Waals surface area contributed by atoms with Crippen LogP contribution >= 0.6 is 12.2 Å². The summed E-state index contributed by atoms with van der Waals surface area (Å²) in [6, 6.07) is 0.632. The van der Waals surface area contributed by atoms with E-state index in [9.17, 15) is 0 Å². The smallest absolute Gasteiger partial charge is 0.166 e. The van der Waals surface area contributed by atoms with Crippen LogP contribution in [-0.4, -0.2) is 16.7 Å². The highest BCUT2D eigenvalue weighted by atomic mass is 32.1. The highest BCUT2D eigenvalue weighted by Crippen LogP contribution is 2.17. The quantitative estimate of drug-likeness (QED) is 0.611. The van der Waals surface area contributed by atoms with Crippen molar-refractivity contribution in [3.63, 3.8) is 0 Å². The molecule has 0 amide bonds. The minimum Gasteiger partial charge on any atom is -0.360 e. The van der Waals surface area contributed by atoms with Gasteiger partial charge in [0, 0.05) is 11.6 Å². The third kappa shape index (κ3) is 3.39. The zero-order valence-corrected chi connectivity index (χ0v) is 8.92. The predicted octanol–water partition coefficient (Wildman–Crippen LogP) is 1.80. The Labute approximate surface area is 80.1 Å². The number of nitrogens with one attached hydrogen (secondary N) is 2. The summed E-state index contributed by atoms with van der Waals surface area (Å²) in [7, 11) is 0. The van der Waals surface area contributed by atoms with Crippen LogP contribution in [0.1, 0.15) is 40.0 Å². The molecule has 1 aliphatic carbocycles. The molecule has 2 nitrogen and oxygen atoms in total. The lowest BCUT2D eigenvalue weighted by Crippen LogP contribution is -2.50. The lowest BCUT2D eigenvalue weighted by atomic mass is 9.93. The summed E-state index contributed by atoms with van der Waals surface area (Å²) in [5, 5.41) is 7.33. The maximum Gasteiger partial charge on any atom is 0.166 e. The molecule has 0 atom stereocenters. The molecule has 0 aromatic rings. The maximum absolute atomic E-state index is 5.16. The van der Waals surface area contributed by atoms with Crippen molar-refractivity contribution >= 4 is 17.3 Å². The molecule has 1 saturated carbocycles. The van der Waals surface area contributed by atoms with Crippen molar-refractivity contribution in [2.24, 2.45) is 0 Å². The molecule has 2 N–H and O–H groups in total. The summed E-state index contributed by atoms with van der Waals surface area (Å²) in [6.45, 7) is 6.34. The van der Waals surface area contributed by atoms with Crippen LogP contribution in [0.3, 0.4) is 0 Å². The number of rotatable bonds is 1. The number of hydrogen-bond acceptors (Lipinski definition) is 1. The van der Waals surface area contributed by atoms with Crippen molar-refractivity contribution < 1.29 is 0 Å². The van der Waals surface area contributed by atoms with Gasteiger partial charge in [0.2, 0.25) is 0 Å². The van der Waals surface area contributed by atoms with Crippen molar-refractivity contribution in [1.29, 1.82) is 0 Å². The Morgan fingerprint density at radius 1 is 1.33 bits per heavy atom. The Balaban J connectivity index is 2.19.